The molecule has 0 fully saturated rings. The molecule has 0 radical (unpaired) electrons. The highest BCUT2D eigenvalue weighted by atomic mass is 35.5. The quantitative estimate of drug-likeness (QED) is 0.784. The first-order valence-electron chi connectivity index (χ1n) is 4.92. The minimum absolute atomic E-state index is 0.0739. The van der Waals surface area contributed by atoms with Gasteiger partial charge < -0.3 is 15.2 Å². The molecule has 1 aromatic rings. The maximum absolute atomic E-state index is 12.9. The van der Waals surface area contributed by atoms with Crippen molar-refractivity contribution in [3.8, 4) is 0 Å². The van der Waals surface area contributed by atoms with E-state index in [0.29, 0.717) is 19.8 Å². The van der Waals surface area contributed by atoms with Crippen LogP contribution < -0.4 is 5.73 Å². The zero-order chi connectivity index (χ0) is 12.0. The maximum Gasteiger partial charge on any atom is 0.141 e. The smallest absolute Gasteiger partial charge is 0.141 e. The first kappa shape index (κ1) is 13.4. The van der Waals surface area contributed by atoms with Crippen LogP contribution in [-0.4, -0.2) is 26.9 Å². The van der Waals surface area contributed by atoms with Crippen LogP contribution >= 0.6 is 11.6 Å². The molecule has 0 amide bonds. The summed E-state index contributed by atoms with van der Waals surface area (Å²) in [7, 11) is 1.60. The number of rotatable bonds is 6. The summed E-state index contributed by atoms with van der Waals surface area (Å²) in [6.07, 6.45) is 0. The average Bonchev–Trinajstić information content (AvgIpc) is 2.28. The Bertz CT molecular complexity index is 336. The molecule has 0 aromatic heterocycles. The Morgan fingerprint density at radius 1 is 1.44 bits per heavy atom. The summed E-state index contributed by atoms with van der Waals surface area (Å²) >= 11 is 5.65. The van der Waals surface area contributed by atoms with Crippen molar-refractivity contribution in [2.75, 3.05) is 26.9 Å². The molecule has 0 saturated carbocycles. The van der Waals surface area contributed by atoms with Crippen molar-refractivity contribution >= 4 is 11.6 Å². The van der Waals surface area contributed by atoms with Gasteiger partial charge in [-0.3, -0.25) is 0 Å². The molecule has 0 aliphatic heterocycles. The van der Waals surface area contributed by atoms with E-state index in [0.717, 1.165) is 5.56 Å². The third-order valence-corrected chi connectivity index (χ3v) is 2.39. The lowest BCUT2D eigenvalue weighted by molar-refractivity contribution is 0.0636. The van der Waals surface area contributed by atoms with E-state index in [1.165, 1.54) is 12.1 Å². The Balaban J connectivity index is 2.46. The third-order valence-electron chi connectivity index (χ3n) is 2.10. The van der Waals surface area contributed by atoms with Crippen LogP contribution in [0.5, 0.6) is 0 Å². The summed E-state index contributed by atoms with van der Waals surface area (Å²) in [5.41, 5.74) is 6.60. The molecule has 2 N–H and O–H groups in total. The van der Waals surface area contributed by atoms with E-state index in [4.69, 9.17) is 26.8 Å². The summed E-state index contributed by atoms with van der Waals surface area (Å²) in [6, 6.07) is 4.11. The van der Waals surface area contributed by atoms with E-state index in [9.17, 15) is 4.39 Å². The highest BCUT2D eigenvalue weighted by molar-refractivity contribution is 6.30. The van der Waals surface area contributed by atoms with Crippen molar-refractivity contribution in [1.29, 1.82) is 0 Å². The lowest BCUT2D eigenvalue weighted by Crippen LogP contribution is -2.18. The van der Waals surface area contributed by atoms with Gasteiger partial charge in [-0.1, -0.05) is 17.7 Å². The summed E-state index contributed by atoms with van der Waals surface area (Å²) < 4.78 is 23.0. The number of nitrogens with two attached hydrogens (primary N) is 1. The van der Waals surface area contributed by atoms with Gasteiger partial charge in [0.05, 0.1) is 30.9 Å². The van der Waals surface area contributed by atoms with Crippen molar-refractivity contribution in [2.24, 2.45) is 5.73 Å². The largest absolute Gasteiger partial charge is 0.382 e. The highest BCUT2D eigenvalue weighted by Gasteiger charge is 2.08. The van der Waals surface area contributed by atoms with Crippen molar-refractivity contribution in [3.05, 3.63) is 34.6 Å². The van der Waals surface area contributed by atoms with Crippen LogP contribution in [0.1, 0.15) is 11.6 Å². The molecule has 0 unspecified atom stereocenters. The zero-order valence-electron chi connectivity index (χ0n) is 9.08. The van der Waals surface area contributed by atoms with Crippen LogP contribution in [0.3, 0.4) is 0 Å². The lowest BCUT2D eigenvalue weighted by atomic mass is 10.1. The predicted molar refractivity (Wildman–Crippen MR) is 61.0 cm³/mol. The van der Waals surface area contributed by atoms with Gasteiger partial charge in [0.1, 0.15) is 5.82 Å². The van der Waals surface area contributed by atoms with Crippen LogP contribution in [-0.2, 0) is 9.47 Å². The van der Waals surface area contributed by atoms with Gasteiger partial charge in [0.25, 0.3) is 0 Å². The number of methoxy groups -OCH3 is 1. The number of halogens is 2. The van der Waals surface area contributed by atoms with E-state index >= 15 is 0 Å². The first-order chi connectivity index (χ1) is 7.65. The molecule has 0 heterocycles. The Morgan fingerprint density at radius 3 is 2.81 bits per heavy atom. The van der Waals surface area contributed by atoms with Crippen LogP contribution in [0.2, 0.25) is 5.02 Å². The second-order valence-electron chi connectivity index (χ2n) is 3.35. The zero-order valence-corrected chi connectivity index (χ0v) is 9.84. The molecule has 5 heteroatoms. The standard InChI is InChI=1S/C11H15ClFNO2/c1-15-4-5-16-7-11(14)8-2-3-10(13)9(12)6-8/h2-3,6,11H,4-5,7,14H2,1H3/t11-/m1/s1. The van der Waals surface area contributed by atoms with Gasteiger partial charge in [-0.05, 0) is 17.7 Å². The second-order valence-corrected chi connectivity index (χ2v) is 3.75. The molecular formula is C11H15ClFNO2. The molecule has 0 aliphatic rings. The van der Waals surface area contributed by atoms with Crippen LogP contribution in [0.15, 0.2) is 18.2 Å². The first-order valence-corrected chi connectivity index (χ1v) is 5.30. The molecule has 0 spiro atoms. The molecule has 1 aromatic carbocycles. The summed E-state index contributed by atoms with van der Waals surface area (Å²) in [5.74, 6) is -0.446. The van der Waals surface area contributed by atoms with Crippen LogP contribution in [0.25, 0.3) is 0 Å². The fourth-order valence-electron chi connectivity index (χ4n) is 1.19. The van der Waals surface area contributed by atoms with Crippen molar-refractivity contribution < 1.29 is 13.9 Å². The molecule has 1 rings (SSSR count). The molecule has 3 nitrogen and oxygen atoms in total. The van der Waals surface area contributed by atoms with Gasteiger partial charge in [-0.2, -0.15) is 0 Å². The van der Waals surface area contributed by atoms with E-state index < -0.39 is 5.82 Å². The van der Waals surface area contributed by atoms with Gasteiger partial charge >= 0.3 is 0 Å². The Kier molecular flexibility index (Phi) is 5.69. The fraction of sp³-hybridized carbons (Fsp3) is 0.455. The molecule has 90 valence electrons. The number of hydrogen-bond donors (Lipinski definition) is 1. The van der Waals surface area contributed by atoms with Crippen LogP contribution in [0, 0.1) is 5.82 Å². The second kappa shape index (κ2) is 6.81. The van der Waals surface area contributed by atoms with E-state index in [-0.39, 0.29) is 11.1 Å². The minimum Gasteiger partial charge on any atom is -0.382 e. The molecular weight excluding hydrogens is 233 g/mol. The van der Waals surface area contributed by atoms with Gasteiger partial charge in [0, 0.05) is 7.11 Å². The highest BCUT2D eigenvalue weighted by Crippen LogP contribution is 2.19. The van der Waals surface area contributed by atoms with Crippen LogP contribution in [0.4, 0.5) is 4.39 Å². The Hall–Kier alpha value is -0.680. The van der Waals surface area contributed by atoms with Gasteiger partial charge in [-0.15, -0.1) is 0 Å². The Morgan fingerprint density at radius 2 is 2.19 bits per heavy atom. The fourth-order valence-corrected chi connectivity index (χ4v) is 1.38. The van der Waals surface area contributed by atoms with E-state index in [1.807, 2.05) is 0 Å². The Labute approximate surface area is 99.3 Å². The maximum atomic E-state index is 12.9. The van der Waals surface area contributed by atoms with E-state index in [2.05, 4.69) is 0 Å². The van der Waals surface area contributed by atoms with E-state index in [1.54, 1.807) is 13.2 Å². The normalized spacial score (nSPS) is 12.8. The lowest BCUT2D eigenvalue weighted by Gasteiger charge is -2.12. The third kappa shape index (κ3) is 4.06. The molecule has 0 saturated heterocycles. The molecule has 0 bridgehead atoms. The van der Waals surface area contributed by atoms with Crippen molar-refractivity contribution in [3.63, 3.8) is 0 Å². The summed E-state index contributed by atoms with van der Waals surface area (Å²) in [6.45, 7) is 1.36. The number of benzene rings is 1. The predicted octanol–water partition coefficient (Wildman–Crippen LogP) is 2.14. The average molecular weight is 248 g/mol. The number of ether oxygens (including phenoxy) is 2. The van der Waals surface area contributed by atoms with Crippen molar-refractivity contribution in [1.82, 2.24) is 0 Å². The van der Waals surface area contributed by atoms with Gasteiger partial charge in [0.2, 0.25) is 0 Å². The summed E-state index contributed by atoms with van der Waals surface area (Å²) in [5, 5.41) is 0.0739. The minimum atomic E-state index is -0.446. The monoisotopic (exact) mass is 247 g/mol. The molecule has 0 aliphatic carbocycles. The van der Waals surface area contributed by atoms with Gasteiger partial charge in [-0.25, -0.2) is 4.39 Å². The molecule has 1 atom stereocenters. The summed E-state index contributed by atoms with van der Waals surface area (Å²) in [4.78, 5) is 0. The topological polar surface area (TPSA) is 44.5 Å². The van der Waals surface area contributed by atoms with Crippen molar-refractivity contribution in [2.45, 2.75) is 6.04 Å². The number of hydrogen-bond acceptors (Lipinski definition) is 3. The molecule has 16 heavy (non-hydrogen) atoms. The SMILES string of the molecule is COCCOC[C@@H](N)c1ccc(F)c(Cl)c1. The van der Waals surface area contributed by atoms with Gasteiger partial charge in [0.15, 0.2) is 0 Å².